The maximum absolute atomic E-state index is 12.6. The molecule has 0 spiro atoms. The number of carbonyl (C=O) groups excluding carboxylic acids is 2. The van der Waals surface area contributed by atoms with Crippen molar-refractivity contribution in [3.8, 4) is 0 Å². The van der Waals surface area contributed by atoms with Gasteiger partial charge >= 0.3 is 12.3 Å². The Kier molecular flexibility index (Phi) is 7.62. The van der Waals surface area contributed by atoms with E-state index in [1.807, 2.05) is 24.3 Å². The second-order valence-electron chi connectivity index (χ2n) is 5.58. The topological polar surface area (TPSA) is 67.4 Å². The molecule has 0 aliphatic rings. The number of halogens is 4. The highest BCUT2D eigenvalue weighted by atomic mass is 79.9. The first-order chi connectivity index (χ1) is 13.2. The molecule has 2 aromatic rings. The van der Waals surface area contributed by atoms with E-state index in [1.165, 1.54) is 18.2 Å². The summed E-state index contributed by atoms with van der Waals surface area (Å²) in [4.78, 5) is 23.2. The highest BCUT2D eigenvalue weighted by molar-refractivity contribution is 9.10. The molecule has 0 radical (unpaired) electrons. The summed E-state index contributed by atoms with van der Waals surface area (Å²) in [6.07, 6.45) is -2.61. The minimum absolute atomic E-state index is 0.114. The Hall–Kier alpha value is -2.81. The van der Waals surface area contributed by atoms with Crippen molar-refractivity contribution in [3.63, 3.8) is 0 Å². The highest BCUT2D eigenvalue weighted by Gasteiger charge is 2.30. The highest BCUT2D eigenvalue weighted by Crippen LogP contribution is 2.29. The molecule has 0 fully saturated rings. The van der Waals surface area contributed by atoms with E-state index in [4.69, 9.17) is 4.74 Å². The third kappa shape index (κ3) is 7.43. The van der Waals surface area contributed by atoms with Gasteiger partial charge in [-0.3, -0.25) is 10.2 Å². The van der Waals surface area contributed by atoms with Gasteiger partial charge in [-0.25, -0.2) is 10.2 Å². The zero-order valence-electron chi connectivity index (χ0n) is 14.4. The summed E-state index contributed by atoms with van der Waals surface area (Å²) in [5, 5.41) is 0. The van der Waals surface area contributed by atoms with Crippen LogP contribution in [0.3, 0.4) is 0 Å². The van der Waals surface area contributed by atoms with Crippen molar-refractivity contribution >= 4 is 34.0 Å². The van der Waals surface area contributed by atoms with Crippen molar-refractivity contribution in [2.45, 2.75) is 12.6 Å². The lowest BCUT2D eigenvalue weighted by Crippen LogP contribution is -2.41. The van der Waals surface area contributed by atoms with Crippen molar-refractivity contribution < 1.29 is 27.5 Å². The molecule has 148 valence electrons. The maximum atomic E-state index is 12.6. The Morgan fingerprint density at radius 1 is 1.07 bits per heavy atom. The van der Waals surface area contributed by atoms with Crippen LogP contribution in [0.4, 0.5) is 18.0 Å². The Morgan fingerprint density at radius 2 is 1.79 bits per heavy atom. The largest absolute Gasteiger partial charge is 0.448 e. The standard InChI is InChI=1S/C19H16BrF3N2O3/c20-16-7-4-13(5-8-16)10-11-28-18(27)25-24-17(26)9-6-14-2-1-3-15(12-14)19(21,22)23/h1-9,12H,10-11H2,(H,24,26)(H,25,27)/b9-6+. The predicted octanol–water partition coefficient (Wildman–Crippen LogP) is 4.48. The molecule has 0 aliphatic carbocycles. The van der Waals surface area contributed by atoms with Gasteiger partial charge in [-0.2, -0.15) is 13.2 Å². The van der Waals surface area contributed by atoms with Crippen molar-refractivity contribution in [2.24, 2.45) is 0 Å². The second-order valence-corrected chi connectivity index (χ2v) is 6.50. The monoisotopic (exact) mass is 456 g/mol. The van der Waals surface area contributed by atoms with E-state index < -0.39 is 23.7 Å². The molecular formula is C19H16BrF3N2O3. The first-order valence-electron chi connectivity index (χ1n) is 8.06. The van der Waals surface area contributed by atoms with Gasteiger partial charge in [0.05, 0.1) is 12.2 Å². The Balaban J connectivity index is 1.73. The number of hydrazine groups is 1. The summed E-state index contributed by atoms with van der Waals surface area (Å²) in [6, 6.07) is 12.0. The number of hydrogen-bond acceptors (Lipinski definition) is 3. The molecule has 28 heavy (non-hydrogen) atoms. The first kappa shape index (κ1) is 21.5. The van der Waals surface area contributed by atoms with Crippen LogP contribution >= 0.6 is 15.9 Å². The quantitative estimate of drug-likeness (QED) is 0.514. The van der Waals surface area contributed by atoms with E-state index >= 15 is 0 Å². The van der Waals surface area contributed by atoms with Crippen molar-refractivity contribution in [3.05, 3.63) is 75.8 Å². The van der Waals surface area contributed by atoms with Gasteiger partial charge in [0, 0.05) is 17.0 Å². The fourth-order valence-corrected chi connectivity index (χ4v) is 2.36. The SMILES string of the molecule is O=C(/C=C/c1cccc(C(F)(F)F)c1)NNC(=O)OCCc1ccc(Br)cc1. The molecule has 0 aromatic heterocycles. The Bertz CT molecular complexity index is 852. The van der Waals surface area contributed by atoms with Gasteiger partial charge in [0.25, 0.3) is 5.91 Å². The van der Waals surface area contributed by atoms with Gasteiger partial charge in [-0.15, -0.1) is 0 Å². The van der Waals surface area contributed by atoms with Crippen LogP contribution in [-0.2, 0) is 22.1 Å². The third-order valence-electron chi connectivity index (χ3n) is 3.47. The van der Waals surface area contributed by atoms with E-state index in [0.29, 0.717) is 6.42 Å². The summed E-state index contributed by atoms with van der Waals surface area (Å²) in [5.74, 6) is -0.720. The normalized spacial score (nSPS) is 11.3. The second kappa shape index (κ2) is 9.93. The number of alkyl halides is 3. The molecule has 2 amide bonds. The molecule has 2 N–H and O–H groups in total. The van der Waals surface area contributed by atoms with Crippen LogP contribution < -0.4 is 10.9 Å². The van der Waals surface area contributed by atoms with Gasteiger partial charge < -0.3 is 4.74 Å². The smallest absolute Gasteiger partial charge is 0.426 e. The van der Waals surface area contributed by atoms with Gasteiger partial charge in [-0.1, -0.05) is 40.2 Å². The number of hydrogen-bond donors (Lipinski definition) is 2. The van der Waals surface area contributed by atoms with Crippen LogP contribution in [0.1, 0.15) is 16.7 Å². The summed E-state index contributed by atoms with van der Waals surface area (Å²) in [5.41, 5.74) is 4.48. The minimum atomic E-state index is -4.46. The number of nitrogens with one attached hydrogen (secondary N) is 2. The van der Waals surface area contributed by atoms with E-state index in [0.717, 1.165) is 28.2 Å². The van der Waals surface area contributed by atoms with E-state index in [2.05, 4.69) is 26.8 Å². The van der Waals surface area contributed by atoms with Crippen LogP contribution in [0.15, 0.2) is 59.1 Å². The number of amides is 2. The van der Waals surface area contributed by atoms with Gasteiger partial charge in [0.15, 0.2) is 0 Å². The lowest BCUT2D eigenvalue weighted by atomic mass is 10.1. The molecule has 0 bridgehead atoms. The molecule has 2 aromatic carbocycles. The predicted molar refractivity (Wildman–Crippen MR) is 101 cm³/mol. The average molecular weight is 457 g/mol. The number of benzene rings is 2. The Labute approximate surface area is 167 Å². The average Bonchev–Trinajstić information content (AvgIpc) is 2.66. The zero-order valence-corrected chi connectivity index (χ0v) is 16.0. The molecular weight excluding hydrogens is 441 g/mol. The van der Waals surface area contributed by atoms with E-state index in [9.17, 15) is 22.8 Å². The number of ether oxygens (including phenoxy) is 1. The molecule has 0 saturated carbocycles. The number of carbonyl (C=O) groups is 2. The first-order valence-corrected chi connectivity index (χ1v) is 8.86. The van der Waals surface area contributed by atoms with Crippen LogP contribution in [0.5, 0.6) is 0 Å². The van der Waals surface area contributed by atoms with Gasteiger partial charge in [-0.05, 0) is 41.5 Å². The van der Waals surface area contributed by atoms with E-state index in [-0.39, 0.29) is 12.2 Å². The summed E-state index contributed by atoms with van der Waals surface area (Å²) >= 11 is 3.32. The summed E-state index contributed by atoms with van der Waals surface area (Å²) < 4.78 is 43.8. The van der Waals surface area contributed by atoms with Crippen LogP contribution in [0.25, 0.3) is 6.08 Å². The van der Waals surface area contributed by atoms with Crippen molar-refractivity contribution in [1.82, 2.24) is 10.9 Å². The zero-order chi connectivity index (χ0) is 20.6. The molecule has 2 rings (SSSR count). The Morgan fingerprint density at radius 3 is 2.46 bits per heavy atom. The van der Waals surface area contributed by atoms with E-state index in [1.54, 1.807) is 0 Å². The molecule has 0 saturated heterocycles. The molecule has 0 unspecified atom stereocenters. The molecule has 5 nitrogen and oxygen atoms in total. The lowest BCUT2D eigenvalue weighted by molar-refractivity contribution is -0.137. The van der Waals surface area contributed by atoms with Crippen LogP contribution in [0.2, 0.25) is 0 Å². The number of rotatable bonds is 5. The molecule has 0 heterocycles. The molecule has 9 heteroatoms. The van der Waals surface area contributed by atoms with Crippen molar-refractivity contribution in [2.75, 3.05) is 6.61 Å². The molecule has 0 atom stereocenters. The van der Waals surface area contributed by atoms with Gasteiger partial charge in [0.2, 0.25) is 0 Å². The fraction of sp³-hybridized carbons (Fsp3) is 0.158. The molecule has 0 aliphatic heterocycles. The minimum Gasteiger partial charge on any atom is -0.448 e. The third-order valence-corrected chi connectivity index (χ3v) is 3.99. The summed E-state index contributed by atoms with van der Waals surface area (Å²) in [7, 11) is 0. The maximum Gasteiger partial charge on any atom is 0.426 e. The fourth-order valence-electron chi connectivity index (χ4n) is 2.09. The van der Waals surface area contributed by atoms with Crippen LogP contribution in [-0.4, -0.2) is 18.6 Å². The van der Waals surface area contributed by atoms with Gasteiger partial charge in [0.1, 0.15) is 0 Å². The summed E-state index contributed by atoms with van der Waals surface area (Å²) in [6.45, 7) is 0.114. The lowest BCUT2D eigenvalue weighted by Gasteiger charge is -2.08. The van der Waals surface area contributed by atoms with Crippen molar-refractivity contribution in [1.29, 1.82) is 0 Å². The van der Waals surface area contributed by atoms with Crippen LogP contribution in [0, 0.1) is 0 Å².